The van der Waals surface area contributed by atoms with Crippen molar-refractivity contribution in [3.63, 3.8) is 0 Å². The molecule has 0 spiro atoms. The number of nitrogens with one attached hydrogen (secondary N) is 1. The SMILES string of the molecule is C#CCN(C)Cc1cccc(C(=O)NC2CC(C)(C)N(O)C(C)(C)C2)c1. The standard InChI is InChI=1S/C21H31N3O2/c1-7-11-23(6)15-16-9-8-10-17(12-16)19(25)22-18-13-20(2,3)24(26)21(4,5)14-18/h1,8-10,12,18,26H,11,13-15H2,2-6H3,(H,22,25). The van der Waals surface area contributed by atoms with Gasteiger partial charge in [0.2, 0.25) is 0 Å². The summed E-state index contributed by atoms with van der Waals surface area (Å²) in [6, 6.07) is 7.67. The summed E-state index contributed by atoms with van der Waals surface area (Å²) >= 11 is 0. The lowest BCUT2D eigenvalue weighted by Gasteiger charge is -2.51. The first kappa shape index (κ1) is 20.4. The number of hydroxylamine groups is 2. The molecule has 5 nitrogen and oxygen atoms in total. The summed E-state index contributed by atoms with van der Waals surface area (Å²) in [5.41, 5.74) is 0.929. The first-order chi connectivity index (χ1) is 12.0. The number of carbonyl (C=O) groups excluding carboxylic acids is 1. The quantitative estimate of drug-likeness (QED) is 0.796. The second-order valence-electron chi connectivity index (χ2n) is 8.59. The van der Waals surface area contributed by atoms with Gasteiger partial charge in [-0.15, -0.1) is 6.42 Å². The van der Waals surface area contributed by atoms with Gasteiger partial charge < -0.3 is 10.5 Å². The van der Waals surface area contributed by atoms with Crippen molar-refractivity contribution < 1.29 is 10.0 Å². The molecule has 5 heteroatoms. The number of rotatable bonds is 5. The van der Waals surface area contributed by atoms with Gasteiger partial charge in [-0.3, -0.25) is 9.69 Å². The maximum Gasteiger partial charge on any atom is 0.251 e. The molecule has 0 radical (unpaired) electrons. The number of hydrogen-bond donors (Lipinski definition) is 2. The third kappa shape index (κ3) is 4.85. The molecule has 1 aromatic rings. The second kappa shape index (κ2) is 7.79. The van der Waals surface area contributed by atoms with Crippen LogP contribution in [-0.4, -0.2) is 51.8 Å². The topological polar surface area (TPSA) is 55.8 Å². The summed E-state index contributed by atoms with van der Waals surface area (Å²) in [6.07, 6.45) is 6.74. The third-order valence-electron chi connectivity index (χ3n) is 4.98. The fourth-order valence-corrected chi connectivity index (χ4v) is 3.98. The molecule has 2 N–H and O–H groups in total. The molecule has 26 heavy (non-hydrogen) atoms. The van der Waals surface area contributed by atoms with Crippen LogP contribution >= 0.6 is 0 Å². The lowest BCUT2D eigenvalue weighted by molar-refractivity contribution is -0.245. The highest BCUT2D eigenvalue weighted by atomic mass is 16.5. The van der Waals surface area contributed by atoms with Crippen LogP contribution in [0.25, 0.3) is 0 Å². The van der Waals surface area contributed by atoms with Crippen molar-refractivity contribution in [3.8, 4) is 12.3 Å². The van der Waals surface area contributed by atoms with Gasteiger partial charge in [0.05, 0.1) is 6.54 Å². The van der Waals surface area contributed by atoms with E-state index in [1.54, 1.807) is 0 Å². The van der Waals surface area contributed by atoms with Crippen LogP contribution in [0.3, 0.4) is 0 Å². The van der Waals surface area contributed by atoms with Gasteiger partial charge in [0.1, 0.15) is 0 Å². The predicted molar refractivity (Wildman–Crippen MR) is 104 cm³/mol. The molecule has 1 fully saturated rings. The molecule has 1 aromatic carbocycles. The van der Waals surface area contributed by atoms with E-state index >= 15 is 0 Å². The van der Waals surface area contributed by atoms with Crippen molar-refractivity contribution in [1.82, 2.24) is 15.3 Å². The summed E-state index contributed by atoms with van der Waals surface area (Å²) in [5.74, 6) is 2.55. The van der Waals surface area contributed by atoms with Gasteiger partial charge in [-0.25, -0.2) is 0 Å². The normalized spacial score (nSPS) is 19.9. The highest BCUT2D eigenvalue weighted by Crippen LogP contribution is 2.36. The maximum absolute atomic E-state index is 12.7. The van der Waals surface area contributed by atoms with Gasteiger partial charge in [-0.1, -0.05) is 18.1 Å². The van der Waals surface area contributed by atoms with Gasteiger partial charge in [-0.2, -0.15) is 5.06 Å². The Morgan fingerprint density at radius 1 is 1.35 bits per heavy atom. The Labute approximate surface area is 157 Å². The van der Waals surface area contributed by atoms with Crippen LogP contribution in [0.1, 0.15) is 56.5 Å². The number of benzene rings is 1. The summed E-state index contributed by atoms with van der Waals surface area (Å²) in [6.45, 7) is 9.25. The number of nitrogens with zero attached hydrogens (tertiary/aromatic N) is 2. The fourth-order valence-electron chi connectivity index (χ4n) is 3.98. The molecule has 0 atom stereocenters. The van der Waals surface area contributed by atoms with Crippen LogP contribution in [-0.2, 0) is 6.54 Å². The van der Waals surface area contributed by atoms with E-state index in [0.717, 1.165) is 5.56 Å². The van der Waals surface area contributed by atoms with E-state index in [1.807, 2.05) is 63.9 Å². The molecule has 0 aromatic heterocycles. The van der Waals surface area contributed by atoms with Gasteiger partial charge in [-0.05, 0) is 65.3 Å². The number of piperidine rings is 1. The van der Waals surface area contributed by atoms with Crippen molar-refractivity contribution in [2.75, 3.05) is 13.6 Å². The first-order valence-corrected chi connectivity index (χ1v) is 9.06. The van der Waals surface area contributed by atoms with E-state index in [0.29, 0.717) is 31.5 Å². The van der Waals surface area contributed by atoms with Gasteiger partial charge in [0, 0.05) is 29.2 Å². The number of carbonyl (C=O) groups is 1. The number of terminal acetylenes is 1. The highest BCUT2D eigenvalue weighted by molar-refractivity contribution is 5.94. The molecule has 0 bridgehead atoms. The van der Waals surface area contributed by atoms with Crippen molar-refractivity contribution >= 4 is 5.91 Å². The minimum Gasteiger partial charge on any atom is -0.349 e. The Kier molecular flexibility index (Phi) is 6.13. The van der Waals surface area contributed by atoms with Crippen LogP contribution < -0.4 is 5.32 Å². The molecule has 1 aliphatic rings. The predicted octanol–water partition coefficient (Wildman–Crippen LogP) is 2.89. The van der Waals surface area contributed by atoms with Crippen LogP contribution in [0, 0.1) is 12.3 Å². The summed E-state index contributed by atoms with van der Waals surface area (Å²) in [4.78, 5) is 14.8. The molecule has 1 heterocycles. The third-order valence-corrected chi connectivity index (χ3v) is 4.98. The Balaban J connectivity index is 2.07. The minimum absolute atomic E-state index is 0.0173. The summed E-state index contributed by atoms with van der Waals surface area (Å²) in [7, 11) is 1.96. The van der Waals surface area contributed by atoms with E-state index in [2.05, 4.69) is 11.2 Å². The summed E-state index contributed by atoms with van der Waals surface area (Å²) < 4.78 is 0. The van der Waals surface area contributed by atoms with Gasteiger partial charge in [0.25, 0.3) is 5.91 Å². The van der Waals surface area contributed by atoms with Crippen LogP contribution in [0.15, 0.2) is 24.3 Å². The molecule has 0 unspecified atom stereocenters. The Morgan fingerprint density at radius 2 is 1.96 bits per heavy atom. The van der Waals surface area contributed by atoms with E-state index in [4.69, 9.17) is 6.42 Å². The monoisotopic (exact) mass is 357 g/mol. The van der Waals surface area contributed by atoms with E-state index in [1.165, 1.54) is 5.06 Å². The van der Waals surface area contributed by atoms with E-state index in [-0.39, 0.29) is 23.0 Å². The molecule has 0 saturated carbocycles. The minimum atomic E-state index is -0.389. The molecule has 1 saturated heterocycles. The maximum atomic E-state index is 12.7. The average molecular weight is 357 g/mol. The Hall–Kier alpha value is -1.87. The smallest absolute Gasteiger partial charge is 0.251 e. The van der Waals surface area contributed by atoms with Crippen LogP contribution in [0.5, 0.6) is 0 Å². The lowest BCUT2D eigenvalue weighted by atomic mass is 9.79. The average Bonchev–Trinajstić information content (AvgIpc) is 2.52. The summed E-state index contributed by atoms with van der Waals surface area (Å²) in [5, 5.41) is 15.0. The lowest BCUT2D eigenvalue weighted by Crippen LogP contribution is -2.62. The second-order valence-corrected chi connectivity index (χ2v) is 8.59. The number of hydrogen-bond acceptors (Lipinski definition) is 4. The Bertz CT molecular complexity index is 673. The van der Waals surface area contributed by atoms with Gasteiger partial charge >= 0.3 is 0 Å². The molecule has 142 valence electrons. The van der Waals surface area contributed by atoms with Crippen molar-refractivity contribution in [2.45, 2.75) is 64.2 Å². The largest absolute Gasteiger partial charge is 0.349 e. The molecule has 1 amide bonds. The molecular formula is C21H31N3O2. The zero-order valence-corrected chi connectivity index (χ0v) is 16.5. The van der Waals surface area contributed by atoms with Crippen molar-refractivity contribution in [1.29, 1.82) is 0 Å². The Morgan fingerprint density at radius 3 is 2.54 bits per heavy atom. The van der Waals surface area contributed by atoms with Crippen molar-refractivity contribution in [3.05, 3.63) is 35.4 Å². The van der Waals surface area contributed by atoms with Crippen LogP contribution in [0.4, 0.5) is 0 Å². The number of amides is 1. The van der Waals surface area contributed by atoms with E-state index < -0.39 is 0 Å². The fraction of sp³-hybridized carbons (Fsp3) is 0.571. The first-order valence-electron chi connectivity index (χ1n) is 9.06. The molecule has 1 aliphatic heterocycles. The zero-order chi connectivity index (χ0) is 19.5. The van der Waals surface area contributed by atoms with E-state index in [9.17, 15) is 10.0 Å². The highest BCUT2D eigenvalue weighted by Gasteiger charge is 2.45. The molecular weight excluding hydrogens is 326 g/mol. The van der Waals surface area contributed by atoms with Crippen LogP contribution in [0.2, 0.25) is 0 Å². The van der Waals surface area contributed by atoms with Gasteiger partial charge in [0.15, 0.2) is 0 Å². The van der Waals surface area contributed by atoms with Crippen molar-refractivity contribution in [2.24, 2.45) is 0 Å². The molecule has 2 rings (SSSR count). The molecule has 0 aliphatic carbocycles. The zero-order valence-electron chi connectivity index (χ0n) is 16.5.